The Morgan fingerprint density at radius 3 is 1.83 bits per heavy atom. The van der Waals surface area contributed by atoms with Gasteiger partial charge in [-0.15, -0.1) is 0 Å². The summed E-state index contributed by atoms with van der Waals surface area (Å²) in [6.07, 6.45) is 9.51. The molecule has 48 heavy (non-hydrogen) atoms. The SMILES string of the molecule is CCCCC/C=C\C/C=C\CCCCCCCC(O)CC(=O)NC(COP(=O)(O)OC1C(O)C(O)C(O)C(O)C1O)C(O)CCCCC. The highest BCUT2D eigenvalue weighted by Gasteiger charge is 2.51. The Hall–Kier alpha value is -1.22. The van der Waals surface area contributed by atoms with E-state index in [2.05, 4.69) is 36.5 Å². The van der Waals surface area contributed by atoms with Crippen molar-refractivity contribution in [3.8, 4) is 0 Å². The van der Waals surface area contributed by atoms with Crippen LogP contribution in [0.5, 0.6) is 0 Å². The van der Waals surface area contributed by atoms with Gasteiger partial charge in [0.2, 0.25) is 5.91 Å². The molecule has 282 valence electrons. The largest absolute Gasteiger partial charge is 0.472 e. The van der Waals surface area contributed by atoms with Crippen molar-refractivity contribution in [2.75, 3.05) is 6.61 Å². The Morgan fingerprint density at radius 1 is 0.729 bits per heavy atom. The minimum Gasteiger partial charge on any atom is -0.393 e. The van der Waals surface area contributed by atoms with Crippen molar-refractivity contribution in [1.29, 1.82) is 0 Å². The van der Waals surface area contributed by atoms with Gasteiger partial charge >= 0.3 is 7.82 Å². The lowest BCUT2D eigenvalue weighted by Crippen LogP contribution is -2.64. The lowest BCUT2D eigenvalue weighted by atomic mass is 9.85. The molecule has 0 aromatic heterocycles. The van der Waals surface area contributed by atoms with Gasteiger partial charge in [-0.3, -0.25) is 13.8 Å². The number of rotatable bonds is 27. The molecule has 1 aliphatic rings. The van der Waals surface area contributed by atoms with E-state index in [4.69, 9.17) is 9.05 Å². The number of allylic oxidation sites excluding steroid dienone is 4. The molecule has 0 aliphatic heterocycles. The topological polar surface area (TPSA) is 226 Å². The van der Waals surface area contributed by atoms with Crippen LogP contribution < -0.4 is 5.32 Å². The average molecular weight is 710 g/mol. The summed E-state index contributed by atoms with van der Waals surface area (Å²) in [6.45, 7) is 3.49. The Morgan fingerprint density at radius 2 is 1.23 bits per heavy atom. The number of unbranched alkanes of at least 4 members (excludes halogenated alkanes) is 10. The summed E-state index contributed by atoms with van der Waals surface area (Å²) in [4.78, 5) is 23.0. The first-order chi connectivity index (χ1) is 22.8. The summed E-state index contributed by atoms with van der Waals surface area (Å²) in [5.41, 5.74) is 0. The number of phosphoric ester groups is 1. The second kappa shape index (κ2) is 25.7. The van der Waals surface area contributed by atoms with Gasteiger partial charge in [-0.1, -0.05) is 95.9 Å². The first-order valence-electron chi connectivity index (χ1n) is 17.9. The minimum absolute atomic E-state index is 0.234. The normalized spacial score (nSPS) is 26.5. The first kappa shape index (κ1) is 44.8. The third-order valence-corrected chi connectivity index (χ3v) is 9.55. The van der Waals surface area contributed by atoms with Crippen LogP contribution in [0.4, 0.5) is 0 Å². The number of carbonyl (C=O) groups is 1. The minimum atomic E-state index is -5.09. The fourth-order valence-corrected chi connectivity index (χ4v) is 6.47. The summed E-state index contributed by atoms with van der Waals surface area (Å²) >= 11 is 0. The van der Waals surface area contributed by atoms with Crippen LogP contribution in [-0.2, 0) is 18.4 Å². The van der Waals surface area contributed by atoms with Gasteiger partial charge in [0.1, 0.15) is 36.6 Å². The molecule has 14 heteroatoms. The van der Waals surface area contributed by atoms with E-state index in [0.29, 0.717) is 12.8 Å². The zero-order valence-corrected chi connectivity index (χ0v) is 29.8. The molecule has 1 rings (SSSR count). The number of phosphoric acid groups is 1. The quantitative estimate of drug-likeness (QED) is 0.0340. The van der Waals surface area contributed by atoms with Gasteiger partial charge < -0.3 is 46.0 Å². The Balaban J connectivity index is 2.47. The fourth-order valence-electron chi connectivity index (χ4n) is 5.51. The van der Waals surface area contributed by atoms with Gasteiger partial charge in [0.05, 0.1) is 31.3 Å². The molecule has 0 spiro atoms. The summed E-state index contributed by atoms with van der Waals surface area (Å²) < 4.78 is 22.5. The van der Waals surface area contributed by atoms with Gasteiger partial charge in [-0.2, -0.15) is 0 Å². The molecular weight excluding hydrogens is 645 g/mol. The monoisotopic (exact) mass is 709 g/mol. The first-order valence-corrected chi connectivity index (χ1v) is 19.4. The van der Waals surface area contributed by atoms with Gasteiger partial charge in [0.25, 0.3) is 0 Å². The summed E-state index contributed by atoms with van der Waals surface area (Å²) in [5, 5.41) is 73.3. The third kappa shape index (κ3) is 18.7. The Labute approximate surface area is 286 Å². The van der Waals surface area contributed by atoms with Crippen LogP contribution in [0.1, 0.15) is 123 Å². The standard InChI is InChI=1S/C34H64NO12P/c1-3-5-7-8-9-10-11-12-13-14-15-16-17-18-20-21-25(36)23-28(38)35-26(27(37)22-19-6-4-2)24-46-48(44,45)47-34-32(42)30(40)29(39)31(41)33(34)43/h9-10,12-13,25-27,29-34,36-37,39-43H,3-8,11,14-24H2,1-2H3,(H,35,38)(H,44,45)/b10-9-,13-12-. The van der Waals surface area contributed by atoms with Crippen molar-refractivity contribution in [2.45, 2.75) is 178 Å². The lowest BCUT2D eigenvalue weighted by Gasteiger charge is -2.41. The molecule has 1 aliphatic carbocycles. The number of amides is 1. The molecule has 1 amide bonds. The number of hydrogen-bond donors (Lipinski definition) is 9. The van der Waals surface area contributed by atoms with Gasteiger partial charge in [-0.05, 0) is 44.9 Å². The van der Waals surface area contributed by atoms with Crippen molar-refractivity contribution in [2.24, 2.45) is 0 Å². The van der Waals surface area contributed by atoms with E-state index in [-0.39, 0.29) is 12.8 Å². The van der Waals surface area contributed by atoms with Crippen LogP contribution in [-0.4, -0.2) is 108 Å². The predicted octanol–water partition coefficient (Wildman–Crippen LogP) is 3.30. The molecular formula is C34H64NO12P. The smallest absolute Gasteiger partial charge is 0.393 e. The van der Waals surface area contributed by atoms with Crippen LogP contribution in [0.25, 0.3) is 0 Å². The van der Waals surface area contributed by atoms with E-state index in [1.807, 2.05) is 6.92 Å². The van der Waals surface area contributed by atoms with Crippen molar-refractivity contribution >= 4 is 13.7 Å². The lowest BCUT2D eigenvalue weighted by molar-refractivity contribution is -0.220. The second-order valence-electron chi connectivity index (χ2n) is 12.9. The number of hydrogen-bond acceptors (Lipinski definition) is 11. The van der Waals surface area contributed by atoms with Crippen LogP contribution in [0.15, 0.2) is 24.3 Å². The number of aliphatic hydroxyl groups is 7. The van der Waals surface area contributed by atoms with Gasteiger partial charge in [-0.25, -0.2) is 4.57 Å². The molecule has 0 saturated heterocycles. The van der Waals surface area contributed by atoms with Crippen molar-refractivity contribution in [3.05, 3.63) is 24.3 Å². The molecule has 0 bridgehead atoms. The highest BCUT2D eigenvalue weighted by atomic mass is 31.2. The Bertz CT molecular complexity index is 937. The van der Waals surface area contributed by atoms with Crippen LogP contribution in [0.2, 0.25) is 0 Å². The number of carbonyl (C=O) groups excluding carboxylic acids is 1. The zero-order chi connectivity index (χ0) is 36.0. The van der Waals surface area contributed by atoms with Crippen molar-refractivity contribution in [3.63, 3.8) is 0 Å². The maximum atomic E-state index is 12.7. The maximum Gasteiger partial charge on any atom is 0.472 e. The zero-order valence-electron chi connectivity index (χ0n) is 28.9. The van der Waals surface area contributed by atoms with Gasteiger partial charge in [0, 0.05) is 0 Å². The molecule has 0 aromatic rings. The van der Waals surface area contributed by atoms with Crippen LogP contribution in [0, 0.1) is 0 Å². The van der Waals surface area contributed by atoms with E-state index in [0.717, 1.165) is 64.2 Å². The molecule has 1 fully saturated rings. The van der Waals surface area contributed by atoms with Gasteiger partial charge in [0.15, 0.2) is 0 Å². The van der Waals surface area contributed by atoms with E-state index >= 15 is 0 Å². The van der Waals surface area contributed by atoms with Crippen molar-refractivity contribution < 1.29 is 59.0 Å². The molecule has 0 heterocycles. The van der Waals surface area contributed by atoms with E-state index < -0.39 is 75.2 Å². The van der Waals surface area contributed by atoms with Crippen LogP contribution in [0.3, 0.4) is 0 Å². The predicted molar refractivity (Wildman–Crippen MR) is 183 cm³/mol. The van der Waals surface area contributed by atoms with Crippen LogP contribution >= 0.6 is 7.82 Å². The fraction of sp³-hybridized carbons (Fsp3) is 0.853. The highest BCUT2D eigenvalue weighted by Crippen LogP contribution is 2.47. The highest BCUT2D eigenvalue weighted by molar-refractivity contribution is 7.47. The van der Waals surface area contributed by atoms with E-state index in [1.54, 1.807) is 0 Å². The molecule has 0 radical (unpaired) electrons. The average Bonchev–Trinajstić information content (AvgIpc) is 3.05. The van der Waals surface area contributed by atoms with E-state index in [1.165, 1.54) is 19.3 Å². The summed E-state index contributed by atoms with van der Waals surface area (Å²) in [7, 11) is -5.09. The molecule has 8 unspecified atom stereocenters. The molecule has 1 saturated carbocycles. The molecule has 9 N–H and O–H groups in total. The number of nitrogens with one attached hydrogen (secondary N) is 1. The number of aliphatic hydroxyl groups excluding tert-OH is 7. The van der Waals surface area contributed by atoms with Crippen molar-refractivity contribution in [1.82, 2.24) is 5.32 Å². The second-order valence-corrected chi connectivity index (χ2v) is 14.3. The third-order valence-electron chi connectivity index (χ3n) is 8.57. The molecule has 8 atom stereocenters. The summed E-state index contributed by atoms with van der Waals surface area (Å²) in [6, 6.07) is -1.15. The molecule has 0 aromatic carbocycles. The maximum absolute atomic E-state index is 12.7. The Kier molecular flexibility index (Phi) is 24.0. The summed E-state index contributed by atoms with van der Waals surface area (Å²) in [5.74, 6) is -0.583. The molecule has 13 nitrogen and oxygen atoms in total. The van der Waals surface area contributed by atoms with E-state index in [9.17, 15) is 50.0 Å².